The molecule has 0 aliphatic heterocycles. The van der Waals surface area contributed by atoms with E-state index >= 15 is 0 Å². The Morgan fingerprint density at radius 2 is 1.78 bits per heavy atom. The number of ether oxygens (including phenoxy) is 1. The highest BCUT2D eigenvalue weighted by Crippen LogP contribution is 2.24. The Kier molecular flexibility index (Phi) is 6.28. The third kappa shape index (κ3) is 4.86. The summed E-state index contributed by atoms with van der Waals surface area (Å²) in [5.41, 5.74) is 1.63. The Bertz CT molecular complexity index is 654. The first-order chi connectivity index (χ1) is 11.0. The number of benzene rings is 2. The van der Waals surface area contributed by atoms with Crippen LogP contribution in [0.4, 0.5) is 0 Å². The monoisotopic (exact) mass is 353 g/mol. The largest absolute Gasteiger partial charge is 0.508 e. The van der Waals surface area contributed by atoms with Crippen molar-refractivity contribution in [3.8, 4) is 5.75 Å². The molecule has 122 valence electrons. The number of esters is 1. The van der Waals surface area contributed by atoms with Crippen molar-refractivity contribution in [2.75, 3.05) is 7.11 Å². The van der Waals surface area contributed by atoms with Crippen LogP contribution in [0.3, 0.4) is 0 Å². The number of nitrogens with one attached hydrogen (secondary N) is 1. The van der Waals surface area contributed by atoms with Crippen molar-refractivity contribution in [2.24, 2.45) is 0 Å². The van der Waals surface area contributed by atoms with Gasteiger partial charge in [0.05, 0.1) is 7.11 Å². The number of hydrogen-bond acceptors (Lipinski definition) is 4. The number of rotatable bonds is 6. The summed E-state index contributed by atoms with van der Waals surface area (Å²) in [7, 11) is 1.34. The third-order valence-electron chi connectivity index (χ3n) is 3.45. The van der Waals surface area contributed by atoms with Crippen LogP contribution in [-0.2, 0) is 22.5 Å². The van der Waals surface area contributed by atoms with E-state index in [0.29, 0.717) is 23.0 Å². The van der Waals surface area contributed by atoms with Gasteiger partial charge in [0.2, 0.25) is 0 Å². The molecule has 0 radical (unpaired) electrons. The molecule has 0 amide bonds. The van der Waals surface area contributed by atoms with Crippen LogP contribution in [0.2, 0.25) is 10.0 Å². The lowest BCUT2D eigenvalue weighted by Gasteiger charge is -2.17. The van der Waals surface area contributed by atoms with E-state index in [4.69, 9.17) is 27.9 Å². The Morgan fingerprint density at radius 1 is 1.17 bits per heavy atom. The fraction of sp³-hybridized carbons (Fsp3) is 0.235. The first-order valence-corrected chi connectivity index (χ1v) is 7.79. The van der Waals surface area contributed by atoms with Gasteiger partial charge < -0.3 is 9.84 Å². The van der Waals surface area contributed by atoms with Crippen molar-refractivity contribution in [1.29, 1.82) is 0 Å². The molecule has 6 heteroatoms. The average molecular weight is 354 g/mol. The van der Waals surface area contributed by atoms with Gasteiger partial charge in [-0.05, 0) is 36.2 Å². The fourth-order valence-electron chi connectivity index (χ4n) is 2.18. The highest BCUT2D eigenvalue weighted by molar-refractivity contribution is 6.35. The molecular formula is C17H17Cl2NO3. The minimum Gasteiger partial charge on any atom is -0.508 e. The number of carbonyl (C=O) groups is 1. The first-order valence-electron chi connectivity index (χ1n) is 7.03. The predicted molar refractivity (Wildman–Crippen MR) is 90.9 cm³/mol. The Hall–Kier alpha value is -1.75. The molecule has 0 saturated carbocycles. The maximum atomic E-state index is 12.0. The standard InChI is InChI=1S/C17H17Cl2NO3/c1-23-17(22)16(9-11-5-7-12(21)8-6-11)20-10-13-14(18)3-2-4-15(13)19/h2-8,16,20-21H,9-10H2,1H3. The van der Waals surface area contributed by atoms with Gasteiger partial charge in [-0.15, -0.1) is 0 Å². The molecule has 23 heavy (non-hydrogen) atoms. The van der Waals surface area contributed by atoms with Crippen molar-refractivity contribution >= 4 is 29.2 Å². The molecule has 0 spiro atoms. The molecular weight excluding hydrogens is 337 g/mol. The van der Waals surface area contributed by atoms with E-state index in [1.165, 1.54) is 7.11 Å². The maximum Gasteiger partial charge on any atom is 0.323 e. The highest BCUT2D eigenvalue weighted by atomic mass is 35.5. The SMILES string of the molecule is COC(=O)C(Cc1ccc(O)cc1)NCc1c(Cl)cccc1Cl. The van der Waals surface area contributed by atoms with Crippen LogP contribution in [0.25, 0.3) is 0 Å². The lowest BCUT2D eigenvalue weighted by Crippen LogP contribution is -2.39. The van der Waals surface area contributed by atoms with E-state index in [1.54, 1.807) is 42.5 Å². The van der Waals surface area contributed by atoms with Crippen LogP contribution >= 0.6 is 23.2 Å². The molecule has 0 aromatic heterocycles. The molecule has 0 bridgehead atoms. The smallest absolute Gasteiger partial charge is 0.323 e. The number of halogens is 2. The minimum atomic E-state index is -0.545. The first kappa shape index (κ1) is 17.6. The van der Waals surface area contributed by atoms with E-state index in [9.17, 15) is 9.90 Å². The summed E-state index contributed by atoms with van der Waals surface area (Å²) in [6.45, 7) is 0.344. The molecule has 2 aromatic carbocycles. The molecule has 1 atom stereocenters. The lowest BCUT2D eigenvalue weighted by molar-refractivity contribution is -0.143. The number of aromatic hydroxyl groups is 1. The quantitative estimate of drug-likeness (QED) is 0.779. The van der Waals surface area contributed by atoms with E-state index in [2.05, 4.69) is 5.32 Å². The second kappa shape index (κ2) is 8.20. The summed E-state index contributed by atoms with van der Waals surface area (Å²) >= 11 is 12.3. The molecule has 1 unspecified atom stereocenters. The van der Waals surface area contributed by atoms with Gasteiger partial charge in [0.15, 0.2) is 0 Å². The average Bonchev–Trinajstić information content (AvgIpc) is 2.54. The summed E-state index contributed by atoms with van der Waals surface area (Å²) < 4.78 is 4.84. The van der Waals surface area contributed by atoms with Crippen LogP contribution in [0.15, 0.2) is 42.5 Å². The van der Waals surface area contributed by atoms with Gasteiger partial charge in [-0.25, -0.2) is 0 Å². The number of phenolic OH excluding ortho intramolecular Hbond substituents is 1. The number of hydrogen-bond donors (Lipinski definition) is 2. The Labute approximate surface area is 145 Å². The lowest BCUT2D eigenvalue weighted by atomic mass is 10.1. The predicted octanol–water partition coefficient (Wildman–Crippen LogP) is 3.57. The van der Waals surface area contributed by atoms with Gasteiger partial charge in [0.25, 0.3) is 0 Å². The van der Waals surface area contributed by atoms with Crippen LogP contribution in [0.5, 0.6) is 5.75 Å². The van der Waals surface area contributed by atoms with Crippen molar-refractivity contribution in [3.05, 3.63) is 63.6 Å². The number of carbonyl (C=O) groups excluding carboxylic acids is 1. The van der Waals surface area contributed by atoms with Crippen molar-refractivity contribution in [1.82, 2.24) is 5.32 Å². The van der Waals surface area contributed by atoms with Gasteiger partial charge in [-0.3, -0.25) is 10.1 Å². The zero-order chi connectivity index (χ0) is 16.8. The summed E-state index contributed by atoms with van der Waals surface area (Å²) in [6, 6.07) is 11.4. The second-order valence-electron chi connectivity index (χ2n) is 5.03. The van der Waals surface area contributed by atoms with Crippen LogP contribution in [0.1, 0.15) is 11.1 Å². The fourth-order valence-corrected chi connectivity index (χ4v) is 2.71. The topological polar surface area (TPSA) is 58.6 Å². The molecule has 0 saturated heterocycles. The number of methoxy groups -OCH3 is 1. The molecule has 0 aliphatic carbocycles. The molecule has 4 nitrogen and oxygen atoms in total. The Morgan fingerprint density at radius 3 is 2.35 bits per heavy atom. The molecule has 0 fully saturated rings. The normalized spacial score (nSPS) is 12.0. The number of phenols is 1. The van der Waals surface area contributed by atoms with E-state index in [0.717, 1.165) is 11.1 Å². The summed E-state index contributed by atoms with van der Waals surface area (Å²) in [5.74, 6) is -0.194. The zero-order valence-corrected chi connectivity index (χ0v) is 14.1. The van der Waals surface area contributed by atoms with Crippen LogP contribution < -0.4 is 5.32 Å². The summed E-state index contributed by atoms with van der Waals surface area (Å²) in [5, 5.41) is 13.5. The second-order valence-corrected chi connectivity index (χ2v) is 5.84. The van der Waals surface area contributed by atoms with Crippen molar-refractivity contribution < 1.29 is 14.6 Å². The molecule has 2 aromatic rings. The van der Waals surface area contributed by atoms with Crippen LogP contribution in [-0.4, -0.2) is 24.2 Å². The van der Waals surface area contributed by atoms with Gasteiger partial charge in [-0.2, -0.15) is 0 Å². The van der Waals surface area contributed by atoms with Gasteiger partial charge in [0.1, 0.15) is 11.8 Å². The third-order valence-corrected chi connectivity index (χ3v) is 4.16. The van der Waals surface area contributed by atoms with E-state index < -0.39 is 6.04 Å². The van der Waals surface area contributed by atoms with Gasteiger partial charge in [0, 0.05) is 22.2 Å². The maximum absolute atomic E-state index is 12.0. The van der Waals surface area contributed by atoms with Crippen LogP contribution in [0, 0.1) is 0 Å². The highest BCUT2D eigenvalue weighted by Gasteiger charge is 2.20. The minimum absolute atomic E-state index is 0.180. The summed E-state index contributed by atoms with van der Waals surface area (Å²) in [6.07, 6.45) is 0.426. The molecule has 2 N–H and O–H groups in total. The molecule has 0 heterocycles. The van der Waals surface area contributed by atoms with Crippen molar-refractivity contribution in [2.45, 2.75) is 19.0 Å². The Balaban J connectivity index is 2.10. The summed E-state index contributed by atoms with van der Waals surface area (Å²) in [4.78, 5) is 12.0. The van der Waals surface area contributed by atoms with Gasteiger partial charge >= 0.3 is 5.97 Å². The van der Waals surface area contributed by atoms with E-state index in [-0.39, 0.29) is 11.7 Å². The molecule has 0 aliphatic rings. The molecule has 2 rings (SSSR count). The van der Waals surface area contributed by atoms with Crippen molar-refractivity contribution in [3.63, 3.8) is 0 Å². The van der Waals surface area contributed by atoms with Gasteiger partial charge in [-0.1, -0.05) is 41.4 Å². The zero-order valence-electron chi connectivity index (χ0n) is 12.6. The van der Waals surface area contributed by atoms with E-state index in [1.807, 2.05) is 0 Å².